The number of pyridine rings is 1. The lowest BCUT2D eigenvalue weighted by Gasteiger charge is -2.52. The summed E-state index contributed by atoms with van der Waals surface area (Å²) in [5.41, 5.74) is 4.16. The number of aryl methyl sites for hydroxylation is 2. The topological polar surface area (TPSA) is 81.8 Å². The van der Waals surface area contributed by atoms with Crippen LogP contribution in [0.3, 0.4) is 0 Å². The van der Waals surface area contributed by atoms with Crippen LogP contribution >= 0.6 is 0 Å². The van der Waals surface area contributed by atoms with E-state index in [1.165, 1.54) is 0 Å². The molecule has 0 radical (unpaired) electrons. The van der Waals surface area contributed by atoms with Gasteiger partial charge in [0.05, 0.1) is 29.7 Å². The number of carbonyl (C=O) groups is 1. The van der Waals surface area contributed by atoms with Crippen LogP contribution in [0, 0.1) is 19.3 Å². The van der Waals surface area contributed by atoms with Gasteiger partial charge in [-0.05, 0) is 50.5 Å². The predicted molar refractivity (Wildman–Crippen MR) is 132 cm³/mol. The number of fused-ring (bicyclic) bond motifs is 2. The Kier molecular flexibility index (Phi) is 5.56. The van der Waals surface area contributed by atoms with Crippen LogP contribution in [-0.2, 0) is 4.74 Å². The van der Waals surface area contributed by atoms with Crippen molar-refractivity contribution < 1.29 is 23.8 Å². The highest BCUT2D eigenvalue weighted by Gasteiger charge is 2.51. The number of para-hydroxylation sites is 1. The zero-order valence-corrected chi connectivity index (χ0v) is 20.0. The Labute approximate surface area is 198 Å². The summed E-state index contributed by atoms with van der Waals surface area (Å²) >= 11 is 0. The van der Waals surface area contributed by atoms with Gasteiger partial charge in [-0.3, -0.25) is 0 Å². The lowest BCUT2D eigenvalue weighted by atomic mass is 9.65. The molecule has 0 amide bonds. The number of hydrogen-bond acceptors (Lipinski definition) is 5. The molecule has 1 aliphatic carbocycles. The molecule has 6 rings (SSSR count). The van der Waals surface area contributed by atoms with Crippen LogP contribution in [0.2, 0.25) is 0 Å². The third-order valence-electron chi connectivity index (χ3n) is 6.86. The normalized spacial score (nSPS) is 16.6. The first-order valence-corrected chi connectivity index (χ1v) is 11.8. The van der Waals surface area contributed by atoms with Gasteiger partial charge in [0.2, 0.25) is 0 Å². The highest BCUT2D eigenvalue weighted by Crippen LogP contribution is 2.49. The maximum absolute atomic E-state index is 12.3. The van der Waals surface area contributed by atoms with E-state index in [0.717, 1.165) is 48.2 Å². The average Bonchev–Trinajstić information content (AvgIpc) is 3.13. The van der Waals surface area contributed by atoms with E-state index >= 15 is 0 Å². The molecule has 6 nitrogen and oxygen atoms in total. The third kappa shape index (κ3) is 3.53. The van der Waals surface area contributed by atoms with Gasteiger partial charge in [-0.2, -0.15) is 0 Å². The lowest BCUT2D eigenvalue weighted by molar-refractivity contribution is -0.191. The van der Waals surface area contributed by atoms with Crippen molar-refractivity contribution in [2.75, 3.05) is 13.2 Å². The van der Waals surface area contributed by atoms with Crippen LogP contribution in [0.1, 0.15) is 48.2 Å². The molecule has 0 bridgehead atoms. The molecule has 2 fully saturated rings. The molecular formula is C28H29NO5. The minimum absolute atomic E-state index is 0.0729. The molecule has 3 heterocycles. The summed E-state index contributed by atoms with van der Waals surface area (Å²) in [7, 11) is 0. The van der Waals surface area contributed by atoms with E-state index in [9.17, 15) is 9.90 Å². The quantitative estimate of drug-likeness (QED) is 0.373. The largest absolute Gasteiger partial charge is 0.490 e. The van der Waals surface area contributed by atoms with Crippen LogP contribution in [-0.4, -0.2) is 35.4 Å². The third-order valence-corrected chi connectivity index (χ3v) is 6.86. The van der Waals surface area contributed by atoms with Crippen molar-refractivity contribution in [3.63, 3.8) is 0 Å². The highest BCUT2D eigenvalue weighted by atomic mass is 16.5. The number of carboxylic acid groups (broad SMARTS) is 1. The Morgan fingerprint density at radius 2 is 1.85 bits per heavy atom. The molecule has 0 atom stereocenters. The van der Waals surface area contributed by atoms with E-state index in [1.807, 2.05) is 64.1 Å². The summed E-state index contributed by atoms with van der Waals surface area (Å²) in [6.45, 7) is 9.49. The summed E-state index contributed by atoms with van der Waals surface area (Å²) in [6, 6.07) is 13.2. The van der Waals surface area contributed by atoms with Crippen molar-refractivity contribution in [1.29, 1.82) is 0 Å². The first kappa shape index (κ1) is 22.4. The number of aromatic nitrogens is 1. The second-order valence-electron chi connectivity index (χ2n) is 9.16. The van der Waals surface area contributed by atoms with Crippen molar-refractivity contribution in [2.45, 2.75) is 46.6 Å². The fraction of sp³-hybridized carbons (Fsp3) is 0.357. The molecule has 1 saturated carbocycles. The molecule has 2 aliphatic rings. The first-order valence-electron chi connectivity index (χ1n) is 11.8. The molecular weight excluding hydrogens is 430 g/mol. The number of benzene rings is 2. The Balaban J connectivity index is 0.00000117. The van der Waals surface area contributed by atoms with Gasteiger partial charge in [0.1, 0.15) is 23.1 Å². The van der Waals surface area contributed by atoms with Gasteiger partial charge in [-0.25, -0.2) is 9.78 Å². The first-order chi connectivity index (χ1) is 16.4. The Morgan fingerprint density at radius 1 is 1.12 bits per heavy atom. The van der Waals surface area contributed by atoms with Gasteiger partial charge >= 0.3 is 5.97 Å². The minimum Gasteiger partial charge on any atom is -0.490 e. The van der Waals surface area contributed by atoms with Crippen LogP contribution in [0.5, 0.6) is 5.75 Å². The number of aromatic carboxylic acids is 1. The smallest absolute Gasteiger partial charge is 0.336 e. The van der Waals surface area contributed by atoms with E-state index < -0.39 is 5.97 Å². The van der Waals surface area contributed by atoms with Crippen LogP contribution < -0.4 is 4.74 Å². The van der Waals surface area contributed by atoms with Gasteiger partial charge in [0, 0.05) is 16.4 Å². The van der Waals surface area contributed by atoms with Gasteiger partial charge in [0.15, 0.2) is 5.76 Å². The molecule has 1 aliphatic heterocycles. The Morgan fingerprint density at radius 3 is 2.50 bits per heavy atom. The van der Waals surface area contributed by atoms with E-state index in [4.69, 9.17) is 18.9 Å². The summed E-state index contributed by atoms with van der Waals surface area (Å²) in [5.74, 6) is 0.149. The number of ether oxygens (including phenoxy) is 2. The van der Waals surface area contributed by atoms with Gasteiger partial charge < -0.3 is 19.0 Å². The summed E-state index contributed by atoms with van der Waals surface area (Å²) < 4.78 is 17.7. The highest BCUT2D eigenvalue weighted by molar-refractivity contribution is 6.07. The maximum Gasteiger partial charge on any atom is 0.336 e. The zero-order chi connectivity index (χ0) is 24.0. The molecule has 1 N–H and O–H groups in total. The second-order valence-corrected chi connectivity index (χ2v) is 9.16. The molecule has 6 heteroatoms. The average molecular weight is 460 g/mol. The van der Waals surface area contributed by atoms with E-state index in [-0.39, 0.29) is 17.1 Å². The predicted octanol–water partition coefficient (Wildman–Crippen LogP) is 6.55. The summed E-state index contributed by atoms with van der Waals surface area (Å²) in [5, 5.41) is 11.6. The molecule has 2 aromatic carbocycles. The van der Waals surface area contributed by atoms with Gasteiger partial charge in [0.25, 0.3) is 0 Å². The van der Waals surface area contributed by atoms with Crippen molar-refractivity contribution in [2.24, 2.45) is 5.41 Å². The van der Waals surface area contributed by atoms with Gasteiger partial charge in [-0.1, -0.05) is 38.1 Å². The number of hydrogen-bond donors (Lipinski definition) is 1. The number of carboxylic acids is 1. The second kappa shape index (κ2) is 8.44. The number of nitrogens with zero attached hydrogens (tertiary/aromatic N) is 1. The molecule has 1 spiro atoms. The van der Waals surface area contributed by atoms with Crippen molar-refractivity contribution in [1.82, 2.24) is 4.98 Å². The molecule has 0 unspecified atom stereocenters. The maximum atomic E-state index is 12.3. The standard InChI is InChI=1S/C26H23NO5.C2H6/c1-14-7-8-21(31-16-10-26(11-16)12-30-13-26)22-18(25(28)29)9-19(27-23(14)22)24-15(2)17-5-3-4-6-20(17)32-24;1-2/h3-9,16H,10-13H2,1-2H3,(H,28,29);1-2H3. The molecule has 34 heavy (non-hydrogen) atoms. The molecule has 176 valence electrons. The fourth-order valence-electron chi connectivity index (χ4n) is 5.04. The SMILES string of the molecule is CC.Cc1c(-c2cc(C(=O)O)c3c(OC4CC5(COC5)C4)ccc(C)c3n2)oc2ccccc12. The molecule has 2 aromatic heterocycles. The Hall–Kier alpha value is -3.38. The van der Waals surface area contributed by atoms with Gasteiger partial charge in [-0.15, -0.1) is 0 Å². The van der Waals surface area contributed by atoms with Crippen molar-refractivity contribution >= 4 is 27.8 Å². The zero-order valence-electron chi connectivity index (χ0n) is 20.0. The molecule has 4 aromatic rings. The van der Waals surface area contributed by atoms with Crippen molar-refractivity contribution in [3.8, 4) is 17.2 Å². The van der Waals surface area contributed by atoms with E-state index in [1.54, 1.807) is 6.07 Å². The lowest BCUT2D eigenvalue weighted by Crippen LogP contribution is -2.56. The minimum atomic E-state index is -1.01. The van der Waals surface area contributed by atoms with E-state index in [2.05, 4.69) is 0 Å². The summed E-state index contributed by atoms with van der Waals surface area (Å²) in [6.07, 6.45) is 1.95. The monoisotopic (exact) mass is 459 g/mol. The molecule has 1 saturated heterocycles. The number of furan rings is 1. The van der Waals surface area contributed by atoms with Crippen molar-refractivity contribution in [3.05, 3.63) is 59.2 Å². The van der Waals surface area contributed by atoms with Crippen LogP contribution in [0.4, 0.5) is 0 Å². The van der Waals surface area contributed by atoms with E-state index in [0.29, 0.717) is 28.1 Å². The fourth-order valence-corrected chi connectivity index (χ4v) is 5.04. The van der Waals surface area contributed by atoms with Crippen LogP contribution in [0.15, 0.2) is 46.9 Å². The van der Waals surface area contributed by atoms with Crippen LogP contribution in [0.25, 0.3) is 33.3 Å². The Bertz CT molecular complexity index is 1390. The number of rotatable bonds is 4. The summed E-state index contributed by atoms with van der Waals surface area (Å²) in [4.78, 5) is 17.2.